The number of benzene rings is 2. The molecule has 2 aromatic carbocycles. The molecule has 1 unspecified atom stereocenters. The van der Waals surface area contributed by atoms with Crippen LogP contribution in [0.25, 0.3) is 0 Å². The van der Waals surface area contributed by atoms with Crippen molar-refractivity contribution in [3.63, 3.8) is 0 Å². The van der Waals surface area contributed by atoms with E-state index in [4.69, 9.17) is 28.9 Å². The van der Waals surface area contributed by atoms with E-state index in [9.17, 15) is 4.39 Å². The van der Waals surface area contributed by atoms with Crippen molar-refractivity contribution in [3.05, 3.63) is 69.0 Å². The molecule has 1 atom stereocenters. The molecule has 2 N–H and O–H groups in total. The van der Waals surface area contributed by atoms with Gasteiger partial charge in [0.25, 0.3) is 0 Å². The molecule has 0 aliphatic carbocycles. The number of rotatable bonds is 3. The summed E-state index contributed by atoms with van der Waals surface area (Å²) in [7, 11) is 0. The second kappa shape index (κ2) is 5.91. The van der Waals surface area contributed by atoms with E-state index < -0.39 is 5.82 Å². The van der Waals surface area contributed by atoms with Gasteiger partial charge < -0.3 is 5.73 Å². The zero-order chi connectivity index (χ0) is 14.0. The van der Waals surface area contributed by atoms with E-state index in [0.29, 0.717) is 11.4 Å². The van der Waals surface area contributed by atoms with Gasteiger partial charge in [-0.05, 0) is 48.2 Å². The fourth-order valence-corrected chi connectivity index (χ4v) is 2.36. The Morgan fingerprint density at radius 2 is 1.89 bits per heavy atom. The first-order valence-electron chi connectivity index (χ1n) is 5.93. The first kappa shape index (κ1) is 14.3. The fourth-order valence-electron chi connectivity index (χ4n) is 2.06. The Hall–Kier alpha value is -1.09. The molecule has 2 rings (SSSR count). The maximum atomic E-state index is 13.4. The van der Waals surface area contributed by atoms with Gasteiger partial charge in [-0.15, -0.1) is 0 Å². The fraction of sp³-hybridized carbons (Fsp3) is 0.200. The highest BCUT2D eigenvalue weighted by Gasteiger charge is 2.12. The molecule has 0 saturated carbocycles. The maximum absolute atomic E-state index is 13.4. The second-order valence-electron chi connectivity index (χ2n) is 4.51. The molecular formula is C15H14Cl2FN. The summed E-state index contributed by atoms with van der Waals surface area (Å²) in [5, 5.41) is 0.812. The van der Waals surface area contributed by atoms with Crippen molar-refractivity contribution in [3.8, 4) is 0 Å². The summed E-state index contributed by atoms with van der Waals surface area (Å²) in [6, 6.07) is 10.2. The van der Waals surface area contributed by atoms with E-state index >= 15 is 0 Å². The molecule has 0 fully saturated rings. The summed E-state index contributed by atoms with van der Waals surface area (Å²) in [4.78, 5) is 0. The van der Waals surface area contributed by atoms with Crippen LogP contribution in [-0.4, -0.2) is 0 Å². The first-order valence-corrected chi connectivity index (χ1v) is 6.69. The van der Waals surface area contributed by atoms with E-state index in [1.165, 1.54) is 6.07 Å². The lowest BCUT2D eigenvalue weighted by molar-refractivity contribution is 0.622. The molecule has 0 bridgehead atoms. The largest absolute Gasteiger partial charge is 0.324 e. The van der Waals surface area contributed by atoms with Crippen LogP contribution in [0.3, 0.4) is 0 Å². The highest BCUT2D eigenvalue weighted by atomic mass is 35.5. The third kappa shape index (κ3) is 3.27. The molecule has 0 heterocycles. The minimum Gasteiger partial charge on any atom is -0.324 e. The molecule has 0 radical (unpaired) electrons. The lowest BCUT2D eigenvalue weighted by Crippen LogP contribution is -2.15. The minimum atomic E-state index is -0.422. The van der Waals surface area contributed by atoms with Crippen molar-refractivity contribution < 1.29 is 4.39 Å². The molecule has 2 aromatic rings. The van der Waals surface area contributed by atoms with Crippen molar-refractivity contribution >= 4 is 23.2 Å². The summed E-state index contributed by atoms with van der Waals surface area (Å²) in [5.41, 5.74) is 8.92. The molecule has 0 aliphatic heterocycles. The van der Waals surface area contributed by atoms with Crippen LogP contribution in [0, 0.1) is 12.7 Å². The van der Waals surface area contributed by atoms with Crippen LogP contribution in [0.1, 0.15) is 22.7 Å². The quantitative estimate of drug-likeness (QED) is 0.874. The van der Waals surface area contributed by atoms with Gasteiger partial charge in [0.1, 0.15) is 5.82 Å². The standard InChI is InChI=1S/C15H14Cl2FN/c1-9-11(3-2-4-12(9)16)15(19)8-10-5-6-13(17)14(18)7-10/h2-7,15H,8,19H2,1H3. The van der Waals surface area contributed by atoms with E-state index in [-0.39, 0.29) is 11.1 Å². The smallest absolute Gasteiger partial charge is 0.142 e. The third-order valence-electron chi connectivity index (χ3n) is 3.15. The molecule has 0 spiro atoms. The third-order valence-corrected chi connectivity index (χ3v) is 3.86. The SMILES string of the molecule is Cc1c(Cl)cccc1C(N)Cc1ccc(Cl)c(F)c1. The normalized spacial score (nSPS) is 12.5. The van der Waals surface area contributed by atoms with E-state index in [1.54, 1.807) is 12.1 Å². The topological polar surface area (TPSA) is 26.0 Å². The predicted octanol–water partition coefficient (Wildman–Crippen LogP) is 4.68. The Balaban J connectivity index is 2.23. The molecule has 100 valence electrons. The number of nitrogens with two attached hydrogens (primary N) is 1. The zero-order valence-corrected chi connectivity index (χ0v) is 12.0. The van der Waals surface area contributed by atoms with Crippen LogP contribution in [-0.2, 0) is 6.42 Å². The Labute approximate surface area is 122 Å². The molecule has 0 saturated heterocycles. The average Bonchev–Trinajstić information content (AvgIpc) is 2.37. The molecule has 0 aliphatic rings. The first-order chi connectivity index (χ1) is 8.99. The van der Waals surface area contributed by atoms with Crippen LogP contribution >= 0.6 is 23.2 Å². The Morgan fingerprint density at radius 1 is 1.16 bits per heavy atom. The Bertz CT molecular complexity index is 599. The van der Waals surface area contributed by atoms with Crippen molar-refractivity contribution in [1.29, 1.82) is 0 Å². The molecule has 1 nitrogen and oxygen atoms in total. The summed E-state index contributed by atoms with van der Waals surface area (Å²) >= 11 is 11.7. The number of halogens is 3. The van der Waals surface area contributed by atoms with Crippen molar-refractivity contribution in [2.45, 2.75) is 19.4 Å². The van der Waals surface area contributed by atoms with Crippen LogP contribution < -0.4 is 5.73 Å². The zero-order valence-electron chi connectivity index (χ0n) is 10.5. The molecule has 0 amide bonds. The van der Waals surface area contributed by atoms with E-state index in [2.05, 4.69) is 0 Å². The van der Waals surface area contributed by atoms with Crippen molar-refractivity contribution in [1.82, 2.24) is 0 Å². The van der Waals surface area contributed by atoms with Crippen LogP contribution in [0.15, 0.2) is 36.4 Å². The van der Waals surface area contributed by atoms with Gasteiger partial charge in [0.2, 0.25) is 0 Å². The summed E-state index contributed by atoms with van der Waals surface area (Å²) in [5.74, 6) is -0.422. The lowest BCUT2D eigenvalue weighted by atomic mass is 9.96. The van der Waals surface area contributed by atoms with Crippen LogP contribution in [0.4, 0.5) is 4.39 Å². The average molecular weight is 298 g/mol. The van der Waals surface area contributed by atoms with Gasteiger partial charge in [0.05, 0.1) is 5.02 Å². The van der Waals surface area contributed by atoms with Crippen molar-refractivity contribution in [2.75, 3.05) is 0 Å². The van der Waals surface area contributed by atoms with Gasteiger partial charge in [0.15, 0.2) is 0 Å². The van der Waals surface area contributed by atoms with Gasteiger partial charge >= 0.3 is 0 Å². The Morgan fingerprint density at radius 3 is 2.58 bits per heavy atom. The van der Waals surface area contributed by atoms with Gasteiger partial charge in [-0.3, -0.25) is 0 Å². The predicted molar refractivity (Wildman–Crippen MR) is 78.2 cm³/mol. The minimum absolute atomic E-state index is 0.122. The maximum Gasteiger partial charge on any atom is 0.142 e. The summed E-state index contributed by atoms with van der Waals surface area (Å²) in [6.07, 6.45) is 0.537. The molecule has 0 aromatic heterocycles. The monoisotopic (exact) mass is 297 g/mol. The van der Waals surface area contributed by atoms with E-state index in [0.717, 1.165) is 16.7 Å². The molecular weight excluding hydrogens is 284 g/mol. The van der Waals surface area contributed by atoms with Gasteiger partial charge in [0, 0.05) is 11.1 Å². The highest BCUT2D eigenvalue weighted by molar-refractivity contribution is 6.31. The molecule has 19 heavy (non-hydrogen) atoms. The van der Waals surface area contributed by atoms with Crippen molar-refractivity contribution in [2.24, 2.45) is 5.73 Å². The second-order valence-corrected chi connectivity index (χ2v) is 5.33. The molecule has 4 heteroatoms. The Kier molecular flexibility index (Phi) is 4.46. The van der Waals surface area contributed by atoms with E-state index in [1.807, 2.05) is 25.1 Å². The van der Waals surface area contributed by atoms with Crippen LogP contribution in [0.2, 0.25) is 10.0 Å². The van der Waals surface area contributed by atoms with Gasteiger partial charge in [-0.25, -0.2) is 4.39 Å². The summed E-state index contributed by atoms with van der Waals surface area (Å²) in [6.45, 7) is 1.93. The number of hydrogen-bond acceptors (Lipinski definition) is 1. The number of hydrogen-bond donors (Lipinski definition) is 1. The van der Waals surface area contributed by atoms with Gasteiger partial charge in [-0.1, -0.05) is 41.4 Å². The lowest BCUT2D eigenvalue weighted by Gasteiger charge is -2.16. The summed E-state index contributed by atoms with van der Waals surface area (Å²) < 4.78 is 13.4. The van der Waals surface area contributed by atoms with Gasteiger partial charge in [-0.2, -0.15) is 0 Å². The van der Waals surface area contributed by atoms with Crippen LogP contribution in [0.5, 0.6) is 0 Å². The highest BCUT2D eigenvalue weighted by Crippen LogP contribution is 2.26.